The van der Waals surface area contributed by atoms with Crippen molar-refractivity contribution in [1.29, 1.82) is 0 Å². The highest BCUT2D eigenvalue weighted by atomic mass is 19.4. The van der Waals surface area contributed by atoms with Gasteiger partial charge in [-0.2, -0.15) is 13.2 Å². The summed E-state index contributed by atoms with van der Waals surface area (Å²) >= 11 is 0. The lowest BCUT2D eigenvalue weighted by atomic mass is 9.93. The number of rotatable bonds is 3. The highest BCUT2D eigenvalue weighted by Gasteiger charge is 2.30. The Balaban J connectivity index is 2.10. The minimum absolute atomic E-state index is 0.199. The fraction of sp³-hybridized carbons (Fsp3) is 0.250. The van der Waals surface area contributed by atoms with Crippen LogP contribution in [0, 0.1) is 0 Å². The van der Waals surface area contributed by atoms with Gasteiger partial charge in [0, 0.05) is 0 Å². The van der Waals surface area contributed by atoms with E-state index in [1.54, 1.807) is 12.1 Å². The quantitative estimate of drug-likeness (QED) is 0.727. The fourth-order valence-electron chi connectivity index (χ4n) is 2.09. The minimum atomic E-state index is -4.26. The van der Waals surface area contributed by atoms with Crippen LogP contribution in [0.25, 0.3) is 0 Å². The third kappa shape index (κ3) is 3.60. The van der Waals surface area contributed by atoms with Gasteiger partial charge in [-0.15, -0.1) is 0 Å². The van der Waals surface area contributed by atoms with Crippen molar-refractivity contribution in [3.05, 3.63) is 71.3 Å². The molecule has 0 nitrogen and oxygen atoms in total. The Labute approximate surface area is 110 Å². The van der Waals surface area contributed by atoms with Crippen molar-refractivity contribution in [2.24, 2.45) is 0 Å². The van der Waals surface area contributed by atoms with E-state index in [-0.39, 0.29) is 5.92 Å². The Bertz CT molecular complexity index is 512. The lowest BCUT2D eigenvalue weighted by Crippen LogP contribution is -2.05. The number of alkyl halides is 3. The fourth-order valence-corrected chi connectivity index (χ4v) is 2.09. The van der Waals surface area contributed by atoms with Crippen molar-refractivity contribution in [1.82, 2.24) is 0 Å². The Morgan fingerprint density at radius 3 is 2.00 bits per heavy atom. The Hall–Kier alpha value is -1.77. The molecule has 0 aliphatic rings. The first-order valence-corrected chi connectivity index (χ1v) is 6.18. The van der Waals surface area contributed by atoms with Gasteiger partial charge < -0.3 is 0 Å². The molecule has 0 radical (unpaired) electrons. The van der Waals surface area contributed by atoms with Gasteiger partial charge >= 0.3 is 6.18 Å². The van der Waals surface area contributed by atoms with Gasteiger partial charge in [-0.25, -0.2) is 0 Å². The zero-order chi connectivity index (χ0) is 13.9. The summed E-state index contributed by atoms with van der Waals surface area (Å²) in [7, 11) is 0. The molecule has 0 spiro atoms. The molecule has 0 bridgehead atoms. The van der Waals surface area contributed by atoms with Gasteiger partial charge in [0.1, 0.15) is 0 Å². The van der Waals surface area contributed by atoms with Gasteiger partial charge in [0.15, 0.2) is 0 Å². The molecule has 0 amide bonds. The van der Waals surface area contributed by atoms with E-state index in [9.17, 15) is 13.2 Å². The molecule has 0 aliphatic heterocycles. The molecular formula is C16H15F3. The van der Waals surface area contributed by atoms with Crippen LogP contribution in [0.2, 0.25) is 0 Å². The predicted molar refractivity (Wildman–Crippen MR) is 70.0 cm³/mol. The van der Waals surface area contributed by atoms with Crippen molar-refractivity contribution >= 4 is 0 Å². The van der Waals surface area contributed by atoms with Crippen molar-refractivity contribution < 1.29 is 13.2 Å². The molecule has 3 heteroatoms. The van der Waals surface area contributed by atoms with Crippen molar-refractivity contribution in [2.75, 3.05) is 0 Å². The minimum Gasteiger partial charge on any atom is -0.166 e. The molecule has 2 rings (SSSR count). The second kappa shape index (κ2) is 5.47. The number of benzene rings is 2. The van der Waals surface area contributed by atoms with Gasteiger partial charge in [-0.05, 0) is 35.6 Å². The summed E-state index contributed by atoms with van der Waals surface area (Å²) in [5.74, 6) is 0.199. The second-order valence-corrected chi connectivity index (χ2v) is 4.71. The van der Waals surface area contributed by atoms with Gasteiger partial charge in [0.05, 0.1) is 5.56 Å². The SMILES string of the molecule is CC(Cc1ccccc1)c1ccc(C(F)(F)F)cc1. The average Bonchev–Trinajstić information content (AvgIpc) is 2.39. The number of halogens is 3. The molecule has 1 atom stereocenters. The summed E-state index contributed by atoms with van der Waals surface area (Å²) in [6.45, 7) is 2.02. The number of hydrogen-bond acceptors (Lipinski definition) is 0. The van der Waals surface area contributed by atoms with Crippen LogP contribution in [-0.4, -0.2) is 0 Å². The summed E-state index contributed by atoms with van der Waals surface area (Å²) in [5, 5.41) is 0. The highest BCUT2D eigenvalue weighted by molar-refractivity contribution is 5.28. The smallest absolute Gasteiger partial charge is 0.166 e. The van der Waals surface area contributed by atoms with Gasteiger partial charge in [0.2, 0.25) is 0 Å². The molecular weight excluding hydrogens is 249 g/mol. The lowest BCUT2D eigenvalue weighted by Gasteiger charge is -2.13. The average molecular weight is 264 g/mol. The molecule has 1 unspecified atom stereocenters. The molecule has 0 saturated carbocycles. The molecule has 0 aliphatic carbocycles. The Morgan fingerprint density at radius 2 is 1.47 bits per heavy atom. The number of hydrogen-bond donors (Lipinski definition) is 0. The largest absolute Gasteiger partial charge is 0.416 e. The molecule has 19 heavy (non-hydrogen) atoms. The van der Waals surface area contributed by atoms with Crippen LogP contribution in [0.15, 0.2) is 54.6 Å². The van der Waals surface area contributed by atoms with Crippen LogP contribution in [-0.2, 0) is 12.6 Å². The second-order valence-electron chi connectivity index (χ2n) is 4.71. The van der Waals surface area contributed by atoms with E-state index in [0.717, 1.165) is 24.1 Å². The first-order valence-electron chi connectivity index (χ1n) is 6.18. The van der Waals surface area contributed by atoms with Gasteiger partial charge in [0.25, 0.3) is 0 Å². The molecule has 2 aromatic rings. The van der Waals surface area contributed by atoms with Crippen LogP contribution in [0.5, 0.6) is 0 Å². The first kappa shape index (κ1) is 13.7. The third-order valence-corrected chi connectivity index (χ3v) is 3.19. The van der Waals surface area contributed by atoms with Gasteiger partial charge in [-0.3, -0.25) is 0 Å². The molecule has 0 heterocycles. The summed E-state index contributed by atoms with van der Waals surface area (Å²) in [6.07, 6.45) is -3.44. The maximum atomic E-state index is 12.5. The van der Waals surface area contributed by atoms with E-state index in [0.29, 0.717) is 0 Å². The zero-order valence-electron chi connectivity index (χ0n) is 10.6. The van der Waals surface area contributed by atoms with Crippen LogP contribution >= 0.6 is 0 Å². The molecule has 0 saturated heterocycles. The first-order chi connectivity index (χ1) is 8.97. The van der Waals surface area contributed by atoms with E-state index in [2.05, 4.69) is 0 Å². The lowest BCUT2D eigenvalue weighted by molar-refractivity contribution is -0.137. The maximum absolute atomic E-state index is 12.5. The molecule has 0 N–H and O–H groups in total. The topological polar surface area (TPSA) is 0 Å². The van der Waals surface area contributed by atoms with E-state index < -0.39 is 11.7 Å². The Kier molecular flexibility index (Phi) is 3.93. The zero-order valence-corrected chi connectivity index (χ0v) is 10.6. The monoisotopic (exact) mass is 264 g/mol. The van der Waals surface area contributed by atoms with Gasteiger partial charge in [-0.1, -0.05) is 49.4 Å². The highest BCUT2D eigenvalue weighted by Crippen LogP contribution is 2.30. The third-order valence-electron chi connectivity index (χ3n) is 3.19. The maximum Gasteiger partial charge on any atom is 0.416 e. The van der Waals surface area contributed by atoms with E-state index >= 15 is 0 Å². The van der Waals surface area contributed by atoms with Crippen LogP contribution in [0.1, 0.15) is 29.5 Å². The van der Waals surface area contributed by atoms with E-state index in [4.69, 9.17) is 0 Å². The van der Waals surface area contributed by atoms with E-state index in [1.165, 1.54) is 5.56 Å². The predicted octanol–water partition coefficient (Wildman–Crippen LogP) is 5.05. The van der Waals surface area contributed by atoms with Crippen molar-refractivity contribution in [3.63, 3.8) is 0 Å². The summed E-state index contributed by atoms with van der Waals surface area (Å²) in [6, 6.07) is 15.4. The van der Waals surface area contributed by atoms with Crippen LogP contribution in [0.4, 0.5) is 13.2 Å². The summed E-state index contributed by atoms with van der Waals surface area (Å²) in [4.78, 5) is 0. The van der Waals surface area contributed by atoms with Crippen molar-refractivity contribution in [3.8, 4) is 0 Å². The normalized spacial score (nSPS) is 13.3. The van der Waals surface area contributed by atoms with Crippen LogP contribution < -0.4 is 0 Å². The van der Waals surface area contributed by atoms with Crippen LogP contribution in [0.3, 0.4) is 0 Å². The molecule has 0 aromatic heterocycles. The van der Waals surface area contributed by atoms with E-state index in [1.807, 2.05) is 37.3 Å². The van der Waals surface area contributed by atoms with Crippen molar-refractivity contribution in [2.45, 2.75) is 25.4 Å². The molecule has 2 aromatic carbocycles. The summed E-state index contributed by atoms with van der Waals surface area (Å²) < 4.78 is 37.4. The molecule has 100 valence electrons. The standard InChI is InChI=1S/C16H15F3/c1-12(11-13-5-3-2-4-6-13)14-7-9-15(10-8-14)16(17,18)19/h2-10,12H,11H2,1H3. The Morgan fingerprint density at radius 1 is 0.895 bits per heavy atom. The molecule has 0 fully saturated rings. The summed E-state index contributed by atoms with van der Waals surface area (Å²) in [5.41, 5.74) is 1.52.